The first-order chi connectivity index (χ1) is 8.49. The van der Waals surface area contributed by atoms with Crippen LogP contribution in [-0.4, -0.2) is 22.0 Å². The minimum absolute atomic E-state index is 0.0922. The zero-order chi connectivity index (χ0) is 13.5. The van der Waals surface area contributed by atoms with E-state index < -0.39 is 5.97 Å². The molecule has 0 fully saturated rings. The average Bonchev–Trinajstić information content (AvgIpc) is 2.29. The van der Waals surface area contributed by atoms with E-state index in [4.69, 9.17) is 16.7 Å². The molecular weight excluding hydrogens is 256 g/mol. The zero-order valence-corrected chi connectivity index (χ0v) is 10.8. The summed E-state index contributed by atoms with van der Waals surface area (Å²) in [6.45, 7) is 1.80. The van der Waals surface area contributed by atoms with Gasteiger partial charge in [0.15, 0.2) is 0 Å². The van der Waals surface area contributed by atoms with Crippen LogP contribution < -0.4 is 5.32 Å². The van der Waals surface area contributed by atoms with Crippen molar-refractivity contribution in [2.24, 2.45) is 0 Å². The van der Waals surface area contributed by atoms with E-state index in [1.807, 2.05) is 0 Å². The quantitative estimate of drug-likeness (QED) is 0.615. The Bertz CT molecular complexity index is 449. The van der Waals surface area contributed by atoms with Crippen molar-refractivity contribution in [3.8, 4) is 0 Å². The number of hydrogen-bond donors (Lipinski definition) is 2. The van der Waals surface area contributed by atoms with Crippen LogP contribution in [0.15, 0.2) is 12.3 Å². The monoisotopic (exact) mass is 270 g/mol. The van der Waals surface area contributed by atoms with Crippen LogP contribution in [0, 0.1) is 6.92 Å². The molecule has 18 heavy (non-hydrogen) atoms. The van der Waals surface area contributed by atoms with Crippen LogP contribution in [0.25, 0.3) is 0 Å². The first-order valence-electron chi connectivity index (χ1n) is 5.63. The molecule has 0 aliphatic rings. The number of aryl methyl sites for hydroxylation is 1. The van der Waals surface area contributed by atoms with E-state index in [-0.39, 0.29) is 12.3 Å². The van der Waals surface area contributed by atoms with Gasteiger partial charge in [-0.15, -0.1) is 0 Å². The van der Waals surface area contributed by atoms with Gasteiger partial charge >= 0.3 is 5.97 Å². The molecule has 0 atom stereocenters. The third kappa shape index (κ3) is 5.14. The maximum absolute atomic E-state index is 11.5. The van der Waals surface area contributed by atoms with E-state index in [1.165, 1.54) is 6.20 Å². The number of amides is 1. The maximum Gasteiger partial charge on any atom is 0.303 e. The number of halogens is 1. The topological polar surface area (TPSA) is 79.3 Å². The number of carboxylic acids is 1. The summed E-state index contributed by atoms with van der Waals surface area (Å²) in [5, 5.41) is 11.6. The number of rotatable bonds is 6. The Labute approximate surface area is 110 Å². The fourth-order valence-corrected chi connectivity index (χ4v) is 1.52. The molecule has 0 saturated heterocycles. The highest BCUT2D eigenvalue weighted by Gasteiger charge is 2.05. The van der Waals surface area contributed by atoms with Gasteiger partial charge in [-0.3, -0.25) is 9.59 Å². The second kappa shape index (κ2) is 6.96. The minimum atomic E-state index is -0.840. The summed E-state index contributed by atoms with van der Waals surface area (Å²) in [6, 6.07) is 1.74. The molecule has 1 heterocycles. The molecular formula is C12H15ClN2O3. The maximum atomic E-state index is 11.5. The van der Waals surface area contributed by atoms with Gasteiger partial charge in [-0.2, -0.15) is 0 Å². The standard InChI is InChI=1S/C12H15ClN2O3/c1-8-6-9(7-14-12(8)13)15-10(16)4-2-3-5-11(17)18/h6-7H,2-5H2,1H3,(H,15,16)(H,17,18). The molecule has 0 aliphatic carbocycles. The van der Waals surface area contributed by atoms with Crippen LogP contribution in [-0.2, 0) is 9.59 Å². The van der Waals surface area contributed by atoms with Gasteiger partial charge < -0.3 is 10.4 Å². The Balaban J connectivity index is 2.35. The van der Waals surface area contributed by atoms with Crippen molar-refractivity contribution in [2.45, 2.75) is 32.6 Å². The van der Waals surface area contributed by atoms with Crippen molar-refractivity contribution in [1.29, 1.82) is 0 Å². The molecule has 0 radical (unpaired) electrons. The summed E-state index contributed by atoms with van der Waals surface area (Å²) < 4.78 is 0. The van der Waals surface area contributed by atoms with E-state index in [9.17, 15) is 9.59 Å². The molecule has 1 rings (SSSR count). The van der Waals surface area contributed by atoms with E-state index in [1.54, 1.807) is 13.0 Å². The molecule has 2 N–H and O–H groups in total. The Kier molecular flexibility index (Phi) is 5.58. The lowest BCUT2D eigenvalue weighted by molar-refractivity contribution is -0.137. The molecule has 5 nitrogen and oxygen atoms in total. The highest BCUT2D eigenvalue weighted by Crippen LogP contribution is 2.16. The van der Waals surface area contributed by atoms with Crippen LogP contribution >= 0.6 is 11.6 Å². The Morgan fingerprint density at radius 1 is 1.39 bits per heavy atom. The van der Waals surface area contributed by atoms with Gasteiger partial charge in [0.2, 0.25) is 5.91 Å². The number of carboxylic acid groups (broad SMARTS) is 1. The summed E-state index contributed by atoms with van der Waals surface area (Å²) in [6.07, 6.45) is 2.94. The normalized spacial score (nSPS) is 10.1. The zero-order valence-electron chi connectivity index (χ0n) is 10.1. The van der Waals surface area contributed by atoms with E-state index in [0.717, 1.165) is 5.56 Å². The molecule has 0 aromatic carbocycles. The van der Waals surface area contributed by atoms with Crippen molar-refractivity contribution in [3.63, 3.8) is 0 Å². The van der Waals surface area contributed by atoms with Gasteiger partial charge in [-0.05, 0) is 31.4 Å². The number of pyridine rings is 1. The largest absolute Gasteiger partial charge is 0.481 e. The lowest BCUT2D eigenvalue weighted by atomic mass is 10.2. The number of anilines is 1. The van der Waals surface area contributed by atoms with E-state index in [0.29, 0.717) is 30.1 Å². The predicted molar refractivity (Wildman–Crippen MR) is 68.7 cm³/mol. The molecule has 0 bridgehead atoms. The van der Waals surface area contributed by atoms with Crippen LogP contribution in [0.2, 0.25) is 5.15 Å². The highest BCUT2D eigenvalue weighted by molar-refractivity contribution is 6.30. The average molecular weight is 271 g/mol. The number of unbranched alkanes of at least 4 members (excludes halogenated alkanes) is 1. The number of carbonyl (C=O) groups excluding carboxylic acids is 1. The molecule has 0 saturated carbocycles. The van der Waals surface area contributed by atoms with Crippen LogP contribution in [0.5, 0.6) is 0 Å². The van der Waals surface area contributed by atoms with Crippen molar-refractivity contribution in [3.05, 3.63) is 23.0 Å². The van der Waals surface area contributed by atoms with Crippen LogP contribution in [0.3, 0.4) is 0 Å². The van der Waals surface area contributed by atoms with E-state index in [2.05, 4.69) is 10.3 Å². The third-order valence-corrected chi connectivity index (χ3v) is 2.74. The van der Waals surface area contributed by atoms with Crippen molar-refractivity contribution in [1.82, 2.24) is 4.98 Å². The third-order valence-electron chi connectivity index (χ3n) is 2.34. The summed E-state index contributed by atoms with van der Waals surface area (Å²) in [5.74, 6) is -0.989. The smallest absolute Gasteiger partial charge is 0.303 e. The van der Waals surface area contributed by atoms with Crippen molar-refractivity contribution >= 4 is 29.2 Å². The molecule has 0 aliphatic heterocycles. The van der Waals surface area contributed by atoms with Crippen LogP contribution in [0.1, 0.15) is 31.2 Å². The van der Waals surface area contributed by atoms with Gasteiger partial charge in [-0.1, -0.05) is 11.6 Å². The molecule has 6 heteroatoms. The summed E-state index contributed by atoms with van der Waals surface area (Å²) in [7, 11) is 0. The molecule has 1 aromatic heterocycles. The number of carbonyl (C=O) groups is 2. The Morgan fingerprint density at radius 2 is 2.06 bits per heavy atom. The second-order valence-electron chi connectivity index (χ2n) is 3.98. The lowest BCUT2D eigenvalue weighted by Gasteiger charge is -2.06. The molecule has 0 spiro atoms. The van der Waals surface area contributed by atoms with E-state index >= 15 is 0 Å². The molecule has 1 amide bonds. The minimum Gasteiger partial charge on any atom is -0.481 e. The van der Waals surface area contributed by atoms with Gasteiger partial charge in [0.1, 0.15) is 5.15 Å². The van der Waals surface area contributed by atoms with Gasteiger partial charge in [0.05, 0.1) is 11.9 Å². The Morgan fingerprint density at radius 3 is 2.67 bits per heavy atom. The number of aliphatic carboxylic acids is 1. The van der Waals surface area contributed by atoms with Gasteiger partial charge in [0, 0.05) is 12.8 Å². The van der Waals surface area contributed by atoms with Gasteiger partial charge in [0.25, 0.3) is 0 Å². The first kappa shape index (κ1) is 14.4. The number of hydrogen-bond acceptors (Lipinski definition) is 3. The lowest BCUT2D eigenvalue weighted by Crippen LogP contribution is -2.11. The summed E-state index contributed by atoms with van der Waals surface area (Å²) >= 11 is 5.77. The highest BCUT2D eigenvalue weighted by atomic mass is 35.5. The molecule has 0 unspecified atom stereocenters. The number of nitrogens with zero attached hydrogens (tertiary/aromatic N) is 1. The predicted octanol–water partition coefficient (Wildman–Crippen LogP) is 2.63. The summed E-state index contributed by atoms with van der Waals surface area (Å²) in [5.41, 5.74) is 1.39. The number of aromatic nitrogens is 1. The first-order valence-corrected chi connectivity index (χ1v) is 6.00. The number of nitrogens with one attached hydrogen (secondary N) is 1. The second-order valence-corrected chi connectivity index (χ2v) is 4.34. The molecule has 98 valence electrons. The fourth-order valence-electron chi connectivity index (χ4n) is 1.41. The molecule has 1 aromatic rings. The van der Waals surface area contributed by atoms with Crippen molar-refractivity contribution < 1.29 is 14.7 Å². The SMILES string of the molecule is Cc1cc(NC(=O)CCCCC(=O)O)cnc1Cl. The van der Waals surface area contributed by atoms with Crippen LogP contribution in [0.4, 0.5) is 5.69 Å². The van der Waals surface area contributed by atoms with Crippen molar-refractivity contribution in [2.75, 3.05) is 5.32 Å². The fraction of sp³-hybridized carbons (Fsp3) is 0.417. The Hall–Kier alpha value is -1.62. The summed E-state index contributed by atoms with van der Waals surface area (Å²) in [4.78, 5) is 25.7. The van der Waals surface area contributed by atoms with Gasteiger partial charge in [-0.25, -0.2) is 4.98 Å².